The highest BCUT2D eigenvalue weighted by atomic mass is 32.1. The number of aromatic nitrogens is 2. The number of hydrogen-bond acceptors (Lipinski definition) is 6. The molecule has 0 aromatic carbocycles. The monoisotopic (exact) mass is 301 g/mol. The Balaban J connectivity index is 1.74. The van der Waals surface area contributed by atoms with E-state index in [1.165, 1.54) is 0 Å². The second-order valence-corrected chi connectivity index (χ2v) is 6.59. The van der Waals surface area contributed by atoms with E-state index in [1.807, 2.05) is 6.07 Å². The van der Waals surface area contributed by atoms with Crippen LogP contribution in [0.4, 0.5) is 5.82 Å². The third-order valence-electron chi connectivity index (χ3n) is 4.00. The quantitative estimate of drug-likeness (QED) is 0.871. The number of thiophene rings is 1. The van der Waals surface area contributed by atoms with Crippen LogP contribution in [0.25, 0.3) is 10.2 Å². The predicted molar refractivity (Wildman–Crippen MR) is 85.4 cm³/mol. The molecule has 2 aromatic heterocycles. The number of nitrogens with zero attached hydrogens (tertiary/aromatic N) is 5. The van der Waals surface area contributed by atoms with Crippen LogP contribution in [0, 0.1) is 17.2 Å². The molecule has 0 N–H and O–H groups in total. The summed E-state index contributed by atoms with van der Waals surface area (Å²) in [6, 6.07) is 4.48. The lowest BCUT2D eigenvalue weighted by Crippen LogP contribution is -2.51. The van der Waals surface area contributed by atoms with Gasteiger partial charge in [-0.1, -0.05) is 13.8 Å². The minimum Gasteiger partial charge on any atom is -0.353 e. The van der Waals surface area contributed by atoms with Gasteiger partial charge in [-0.15, -0.1) is 11.3 Å². The fourth-order valence-electron chi connectivity index (χ4n) is 2.87. The van der Waals surface area contributed by atoms with Gasteiger partial charge in [-0.05, 0) is 17.4 Å². The van der Waals surface area contributed by atoms with Crippen molar-refractivity contribution in [2.75, 3.05) is 31.1 Å². The van der Waals surface area contributed by atoms with E-state index in [-0.39, 0.29) is 6.04 Å². The summed E-state index contributed by atoms with van der Waals surface area (Å²) in [5.41, 5.74) is 1.02. The van der Waals surface area contributed by atoms with Crippen molar-refractivity contribution in [3.05, 3.63) is 17.8 Å². The first-order chi connectivity index (χ1) is 10.2. The minimum absolute atomic E-state index is 0.0132. The molecule has 1 aliphatic rings. The van der Waals surface area contributed by atoms with Crippen LogP contribution in [0.3, 0.4) is 0 Å². The summed E-state index contributed by atoms with van der Waals surface area (Å²) in [6.45, 7) is 7.87. The van der Waals surface area contributed by atoms with Gasteiger partial charge in [0.25, 0.3) is 0 Å². The topological polar surface area (TPSA) is 56.1 Å². The number of rotatable bonds is 3. The van der Waals surface area contributed by atoms with Crippen LogP contribution in [0.15, 0.2) is 17.8 Å². The Morgan fingerprint density at radius 3 is 2.67 bits per heavy atom. The van der Waals surface area contributed by atoms with Crippen LogP contribution in [-0.4, -0.2) is 47.1 Å². The fraction of sp³-hybridized carbons (Fsp3) is 0.533. The van der Waals surface area contributed by atoms with E-state index < -0.39 is 0 Å². The highest BCUT2D eigenvalue weighted by Gasteiger charge is 2.27. The lowest BCUT2D eigenvalue weighted by molar-refractivity contribution is 0.184. The van der Waals surface area contributed by atoms with Gasteiger partial charge < -0.3 is 4.90 Å². The first-order valence-corrected chi connectivity index (χ1v) is 8.15. The molecule has 0 unspecified atom stereocenters. The van der Waals surface area contributed by atoms with E-state index in [0.29, 0.717) is 5.92 Å². The highest BCUT2D eigenvalue weighted by molar-refractivity contribution is 7.17. The second kappa shape index (κ2) is 5.96. The van der Waals surface area contributed by atoms with E-state index in [1.54, 1.807) is 17.7 Å². The minimum atomic E-state index is 0.0132. The Hall–Kier alpha value is -1.71. The Kier molecular flexibility index (Phi) is 4.04. The molecule has 0 radical (unpaired) electrons. The van der Waals surface area contributed by atoms with Crippen LogP contribution in [0.1, 0.15) is 13.8 Å². The number of fused-ring (bicyclic) bond motifs is 1. The summed E-state index contributed by atoms with van der Waals surface area (Å²) < 4.78 is 1.16. The molecule has 0 aliphatic carbocycles. The molecular weight excluding hydrogens is 282 g/mol. The molecule has 1 atom stereocenters. The maximum absolute atomic E-state index is 9.32. The van der Waals surface area contributed by atoms with E-state index in [2.05, 4.69) is 45.1 Å². The van der Waals surface area contributed by atoms with Gasteiger partial charge in [0.2, 0.25) is 0 Å². The Morgan fingerprint density at radius 1 is 1.24 bits per heavy atom. The number of hydrogen-bond donors (Lipinski definition) is 0. The highest BCUT2D eigenvalue weighted by Crippen LogP contribution is 2.28. The molecule has 0 saturated carbocycles. The van der Waals surface area contributed by atoms with Crippen molar-refractivity contribution in [2.24, 2.45) is 5.92 Å². The maximum Gasteiger partial charge on any atom is 0.150 e. The van der Waals surface area contributed by atoms with Gasteiger partial charge in [0.15, 0.2) is 0 Å². The largest absolute Gasteiger partial charge is 0.353 e. The number of anilines is 1. The third kappa shape index (κ3) is 2.71. The molecular formula is C15H19N5S. The van der Waals surface area contributed by atoms with Crippen LogP contribution in [-0.2, 0) is 0 Å². The van der Waals surface area contributed by atoms with Gasteiger partial charge in [0.05, 0.1) is 16.3 Å². The van der Waals surface area contributed by atoms with Crippen molar-refractivity contribution in [1.29, 1.82) is 5.26 Å². The summed E-state index contributed by atoms with van der Waals surface area (Å²) in [7, 11) is 0. The molecule has 1 aliphatic heterocycles. The van der Waals surface area contributed by atoms with E-state index in [9.17, 15) is 5.26 Å². The predicted octanol–water partition coefficient (Wildman–Crippen LogP) is 2.36. The summed E-state index contributed by atoms with van der Waals surface area (Å²) in [6.07, 6.45) is 1.64. The molecule has 21 heavy (non-hydrogen) atoms. The molecule has 110 valence electrons. The number of nitriles is 1. The van der Waals surface area contributed by atoms with Crippen LogP contribution in [0.2, 0.25) is 0 Å². The van der Waals surface area contributed by atoms with Crippen molar-refractivity contribution >= 4 is 27.4 Å². The normalized spacial score (nSPS) is 18.1. The molecule has 5 nitrogen and oxygen atoms in total. The van der Waals surface area contributed by atoms with E-state index in [4.69, 9.17) is 0 Å². The molecule has 3 rings (SSSR count). The van der Waals surface area contributed by atoms with Crippen molar-refractivity contribution < 1.29 is 0 Å². The zero-order chi connectivity index (χ0) is 14.8. The van der Waals surface area contributed by atoms with Crippen LogP contribution >= 0.6 is 11.3 Å². The SMILES string of the molecule is CC(C)[C@H](C#N)N1CCN(c2ncnc3ccsc23)CC1. The van der Waals surface area contributed by atoms with Crippen molar-refractivity contribution in [1.82, 2.24) is 14.9 Å². The standard InChI is InChI=1S/C15H19N5S/c1-11(2)13(9-16)19-4-6-20(7-5-19)15-14-12(3-8-21-14)17-10-18-15/h3,8,10-11,13H,4-7H2,1-2H3/t13-/m0/s1. The Morgan fingerprint density at radius 2 is 2.00 bits per heavy atom. The first kappa shape index (κ1) is 14.2. The van der Waals surface area contributed by atoms with Crippen molar-refractivity contribution in [3.8, 4) is 6.07 Å². The summed E-state index contributed by atoms with van der Waals surface area (Å²) in [5.74, 6) is 1.40. The smallest absolute Gasteiger partial charge is 0.150 e. The summed E-state index contributed by atoms with van der Waals surface area (Å²) >= 11 is 1.69. The second-order valence-electron chi connectivity index (χ2n) is 5.67. The average Bonchev–Trinajstić information content (AvgIpc) is 2.97. The van der Waals surface area contributed by atoms with Gasteiger partial charge in [0.1, 0.15) is 18.2 Å². The molecule has 3 heterocycles. The lowest BCUT2D eigenvalue weighted by atomic mass is 10.0. The third-order valence-corrected chi connectivity index (χ3v) is 4.89. The molecule has 0 spiro atoms. The molecule has 6 heteroatoms. The Bertz CT molecular complexity index is 651. The first-order valence-electron chi connectivity index (χ1n) is 7.27. The van der Waals surface area contributed by atoms with Gasteiger partial charge in [0, 0.05) is 26.2 Å². The van der Waals surface area contributed by atoms with Crippen molar-refractivity contribution in [2.45, 2.75) is 19.9 Å². The zero-order valence-electron chi connectivity index (χ0n) is 12.4. The lowest BCUT2D eigenvalue weighted by Gasteiger charge is -2.38. The Labute approximate surface area is 128 Å². The fourth-order valence-corrected chi connectivity index (χ4v) is 3.73. The molecule has 2 aromatic rings. The van der Waals surface area contributed by atoms with Crippen LogP contribution in [0.5, 0.6) is 0 Å². The molecule has 1 fully saturated rings. The van der Waals surface area contributed by atoms with Crippen LogP contribution < -0.4 is 4.90 Å². The van der Waals surface area contributed by atoms with Gasteiger partial charge in [-0.25, -0.2) is 9.97 Å². The van der Waals surface area contributed by atoms with Gasteiger partial charge in [-0.2, -0.15) is 5.26 Å². The summed E-state index contributed by atoms with van der Waals surface area (Å²) in [5, 5.41) is 11.4. The summed E-state index contributed by atoms with van der Waals surface area (Å²) in [4.78, 5) is 13.4. The van der Waals surface area contributed by atoms with Crippen molar-refractivity contribution in [3.63, 3.8) is 0 Å². The van der Waals surface area contributed by atoms with Gasteiger partial charge in [-0.3, -0.25) is 4.90 Å². The molecule has 0 bridgehead atoms. The molecule has 0 amide bonds. The zero-order valence-corrected chi connectivity index (χ0v) is 13.2. The van der Waals surface area contributed by atoms with E-state index >= 15 is 0 Å². The maximum atomic E-state index is 9.32. The van der Waals surface area contributed by atoms with E-state index in [0.717, 1.165) is 42.2 Å². The number of piperazine rings is 1. The average molecular weight is 301 g/mol. The molecule has 1 saturated heterocycles. The van der Waals surface area contributed by atoms with Gasteiger partial charge >= 0.3 is 0 Å².